The van der Waals surface area contributed by atoms with Crippen molar-refractivity contribution in [3.63, 3.8) is 0 Å². The molecule has 1 N–H and O–H groups in total. The van der Waals surface area contributed by atoms with Gasteiger partial charge in [0.15, 0.2) is 9.84 Å². The third kappa shape index (κ3) is 5.41. The van der Waals surface area contributed by atoms with Gasteiger partial charge in [0.05, 0.1) is 4.90 Å². The molecule has 180 valence electrons. The summed E-state index contributed by atoms with van der Waals surface area (Å²) in [5.41, 5.74) is 0.873. The summed E-state index contributed by atoms with van der Waals surface area (Å²) in [6.07, 6.45) is -0.103. The Morgan fingerprint density at radius 2 is 1.74 bits per heavy atom. The highest BCUT2D eigenvalue weighted by Crippen LogP contribution is 2.27. The van der Waals surface area contributed by atoms with Gasteiger partial charge in [0.2, 0.25) is 5.43 Å². The van der Waals surface area contributed by atoms with Crippen molar-refractivity contribution in [2.75, 3.05) is 6.26 Å². The number of halogens is 2. The molecule has 6 nitrogen and oxygen atoms in total. The van der Waals surface area contributed by atoms with E-state index >= 15 is 0 Å². The van der Waals surface area contributed by atoms with Crippen molar-refractivity contribution in [3.8, 4) is 11.1 Å². The maximum absolute atomic E-state index is 13.3. The van der Waals surface area contributed by atoms with E-state index in [9.17, 15) is 26.8 Å². The lowest BCUT2D eigenvalue weighted by Crippen LogP contribution is -2.31. The van der Waals surface area contributed by atoms with E-state index in [0.717, 1.165) is 6.26 Å². The second-order valence-corrected chi connectivity index (χ2v) is 10.4. The molecule has 34 heavy (non-hydrogen) atoms. The Balaban J connectivity index is 1.99. The molecule has 2 aromatic carbocycles. The average molecular weight is 489 g/mol. The molecule has 0 aliphatic rings. The average Bonchev–Trinajstić information content (AvgIpc) is 2.77. The predicted octanol–water partition coefficient (Wildman–Crippen LogP) is 4.68. The van der Waals surface area contributed by atoms with E-state index in [-0.39, 0.29) is 34.2 Å². The number of hydrogen-bond donors (Lipinski definition) is 1. The molecular formula is C25H26F2N2O4S. The lowest BCUT2D eigenvalue weighted by Gasteiger charge is -2.20. The lowest BCUT2D eigenvalue weighted by atomic mass is 9.98. The van der Waals surface area contributed by atoms with Crippen LogP contribution in [-0.4, -0.2) is 25.1 Å². The maximum Gasteiger partial charge on any atom is 0.263 e. The van der Waals surface area contributed by atoms with E-state index in [1.807, 2.05) is 13.8 Å². The van der Waals surface area contributed by atoms with Gasteiger partial charge in [0.25, 0.3) is 12.3 Å². The maximum atomic E-state index is 13.3. The molecule has 1 aromatic heterocycles. The molecule has 3 aromatic rings. The van der Waals surface area contributed by atoms with Gasteiger partial charge in [0, 0.05) is 41.9 Å². The van der Waals surface area contributed by atoms with Crippen molar-refractivity contribution < 1.29 is 22.0 Å². The SMILES string of the molecule is Cc1c(-c2cccc(C(F)F)c2)c(=O)c(C(=O)NCc2ccc(S(C)(=O)=O)cc2)cn1C(C)C. The van der Waals surface area contributed by atoms with Crippen LogP contribution < -0.4 is 10.7 Å². The molecule has 0 aliphatic carbocycles. The summed E-state index contributed by atoms with van der Waals surface area (Å²) in [6, 6.07) is 11.6. The van der Waals surface area contributed by atoms with Crippen LogP contribution in [0.4, 0.5) is 8.78 Å². The van der Waals surface area contributed by atoms with Crippen molar-refractivity contribution in [3.05, 3.63) is 87.3 Å². The fourth-order valence-corrected chi connectivity index (χ4v) is 4.35. The van der Waals surface area contributed by atoms with Crippen molar-refractivity contribution in [2.24, 2.45) is 0 Å². The normalized spacial score (nSPS) is 11.8. The fraction of sp³-hybridized carbons (Fsp3) is 0.280. The van der Waals surface area contributed by atoms with E-state index < -0.39 is 27.6 Å². The number of hydrogen-bond acceptors (Lipinski definition) is 4. The number of alkyl halides is 2. The first-order valence-corrected chi connectivity index (χ1v) is 12.5. The summed E-state index contributed by atoms with van der Waals surface area (Å²) >= 11 is 0. The second-order valence-electron chi connectivity index (χ2n) is 8.36. The lowest BCUT2D eigenvalue weighted by molar-refractivity contribution is 0.0949. The van der Waals surface area contributed by atoms with E-state index in [4.69, 9.17) is 0 Å². The van der Waals surface area contributed by atoms with Crippen molar-refractivity contribution in [1.29, 1.82) is 0 Å². The van der Waals surface area contributed by atoms with Gasteiger partial charge in [-0.1, -0.05) is 30.3 Å². The molecular weight excluding hydrogens is 462 g/mol. The van der Waals surface area contributed by atoms with Crippen LogP contribution in [0.3, 0.4) is 0 Å². The molecule has 1 amide bonds. The van der Waals surface area contributed by atoms with Crippen molar-refractivity contribution in [1.82, 2.24) is 9.88 Å². The minimum Gasteiger partial charge on any atom is -0.348 e. The third-order valence-electron chi connectivity index (χ3n) is 5.52. The highest BCUT2D eigenvalue weighted by Gasteiger charge is 2.21. The molecule has 0 spiro atoms. The Hall–Kier alpha value is -3.33. The molecule has 0 aliphatic heterocycles. The van der Waals surface area contributed by atoms with E-state index in [1.165, 1.54) is 36.5 Å². The van der Waals surface area contributed by atoms with Crippen LogP contribution in [0.5, 0.6) is 0 Å². The summed E-state index contributed by atoms with van der Waals surface area (Å²) in [5, 5.41) is 2.69. The highest BCUT2D eigenvalue weighted by molar-refractivity contribution is 7.90. The Morgan fingerprint density at radius 1 is 1.09 bits per heavy atom. The number of nitrogens with zero attached hydrogens (tertiary/aromatic N) is 1. The topological polar surface area (TPSA) is 85.2 Å². The zero-order valence-electron chi connectivity index (χ0n) is 19.3. The Labute approximate surface area is 197 Å². The number of aromatic nitrogens is 1. The Kier molecular flexibility index (Phi) is 7.35. The van der Waals surface area contributed by atoms with Gasteiger partial charge in [-0.2, -0.15) is 0 Å². The summed E-state index contributed by atoms with van der Waals surface area (Å²) < 4.78 is 51.5. The zero-order chi connectivity index (χ0) is 25.2. The second kappa shape index (κ2) is 9.89. The van der Waals surface area contributed by atoms with Gasteiger partial charge in [-0.15, -0.1) is 0 Å². The van der Waals surface area contributed by atoms with Gasteiger partial charge >= 0.3 is 0 Å². The first kappa shape index (κ1) is 25.3. The van der Waals surface area contributed by atoms with Crippen LogP contribution in [0, 0.1) is 6.92 Å². The number of sulfone groups is 1. The molecule has 0 saturated carbocycles. The first-order valence-electron chi connectivity index (χ1n) is 10.6. The molecule has 1 heterocycles. The van der Waals surface area contributed by atoms with Gasteiger partial charge in [0.1, 0.15) is 5.56 Å². The number of pyridine rings is 1. The summed E-state index contributed by atoms with van der Waals surface area (Å²) in [7, 11) is -3.33. The molecule has 3 rings (SSSR count). The van der Waals surface area contributed by atoms with Crippen molar-refractivity contribution >= 4 is 15.7 Å². The van der Waals surface area contributed by atoms with Crippen LogP contribution in [-0.2, 0) is 16.4 Å². The number of benzene rings is 2. The van der Waals surface area contributed by atoms with E-state index in [2.05, 4.69) is 5.32 Å². The monoisotopic (exact) mass is 488 g/mol. The molecule has 0 unspecified atom stereocenters. The van der Waals surface area contributed by atoms with Crippen LogP contribution >= 0.6 is 0 Å². The van der Waals surface area contributed by atoms with Crippen LogP contribution in [0.15, 0.2) is 64.4 Å². The standard InChI is InChI=1S/C25H26F2N2O4S/c1-15(2)29-14-21(25(31)28-13-17-8-10-20(11-9-17)34(4,32)33)23(30)22(16(29)3)18-6-5-7-19(12-18)24(26)27/h5-12,14-15,24H,13H2,1-4H3,(H,28,31). The van der Waals surface area contributed by atoms with Crippen LogP contribution in [0.25, 0.3) is 11.1 Å². The summed E-state index contributed by atoms with van der Waals surface area (Å²) in [4.78, 5) is 26.5. The minimum atomic E-state index is -3.33. The van der Waals surface area contributed by atoms with E-state index in [1.54, 1.807) is 29.7 Å². The predicted molar refractivity (Wildman–Crippen MR) is 127 cm³/mol. The minimum absolute atomic E-state index is 0.0775. The first-order chi connectivity index (χ1) is 15.9. The summed E-state index contributed by atoms with van der Waals surface area (Å²) in [5.74, 6) is -0.613. The molecule has 0 atom stereocenters. The number of rotatable bonds is 7. The zero-order valence-corrected chi connectivity index (χ0v) is 20.1. The largest absolute Gasteiger partial charge is 0.348 e. The molecule has 0 radical (unpaired) electrons. The number of amides is 1. The Bertz CT molecular complexity index is 1380. The fourth-order valence-electron chi connectivity index (χ4n) is 3.72. The smallest absolute Gasteiger partial charge is 0.263 e. The summed E-state index contributed by atoms with van der Waals surface area (Å²) in [6.45, 7) is 5.58. The molecule has 0 bridgehead atoms. The van der Waals surface area contributed by atoms with Gasteiger partial charge in [-0.3, -0.25) is 9.59 Å². The third-order valence-corrected chi connectivity index (χ3v) is 6.65. The van der Waals surface area contributed by atoms with E-state index in [0.29, 0.717) is 16.8 Å². The number of carbonyl (C=O) groups excluding carboxylic acids is 1. The Morgan fingerprint density at radius 3 is 2.29 bits per heavy atom. The molecule has 0 fully saturated rings. The highest BCUT2D eigenvalue weighted by atomic mass is 32.2. The molecule has 0 saturated heterocycles. The van der Waals surface area contributed by atoms with Crippen molar-refractivity contribution in [2.45, 2.75) is 44.7 Å². The number of carbonyl (C=O) groups is 1. The van der Waals surface area contributed by atoms with Gasteiger partial charge in [-0.05, 0) is 50.1 Å². The number of nitrogens with one attached hydrogen (secondary N) is 1. The quantitative estimate of drug-likeness (QED) is 0.524. The van der Waals surface area contributed by atoms with Gasteiger partial charge < -0.3 is 9.88 Å². The van der Waals surface area contributed by atoms with Gasteiger partial charge in [-0.25, -0.2) is 17.2 Å². The van der Waals surface area contributed by atoms with Crippen LogP contribution in [0.1, 0.15) is 53.5 Å². The molecule has 9 heteroatoms. The van der Waals surface area contributed by atoms with Crippen LogP contribution in [0.2, 0.25) is 0 Å².